The monoisotopic (exact) mass is 402 g/mol. The molecule has 0 bridgehead atoms. The maximum atomic E-state index is 13.0. The number of hydrogen-bond acceptors (Lipinski definition) is 5. The van der Waals surface area contributed by atoms with Gasteiger partial charge in [0.15, 0.2) is 11.5 Å². The highest BCUT2D eigenvalue weighted by atomic mass is 16.6. The van der Waals surface area contributed by atoms with E-state index in [1.54, 1.807) is 60.8 Å². The van der Waals surface area contributed by atoms with Crippen molar-refractivity contribution < 1.29 is 19.1 Å². The molecule has 0 saturated carbocycles. The summed E-state index contributed by atoms with van der Waals surface area (Å²) in [6.45, 7) is 3.90. The average molecular weight is 402 g/mol. The number of amides is 1. The number of allylic oxidation sites excluding steroid dienone is 2. The molecule has 2 aromatic rings. The van der Waals surface area contributed by atoms with Crippen LogP contribution in [0.25, 0.3) is 0 Å². The summed E-state index contributed by atoms with van der Waals surface area (Å²) < 4.78 is 11.2. The number of benzene rings is 1. The van der Waals surface area contributed by atoms with Crippen molar-refractivity contribution in [1.29, 1.82) is 0 Å². The number of aromatic nitrogens is 1. The maximum absolute atomic E-state index is 13.0. The van der Waals surface area contributed by atoms with Crippen LogP contribution >= 0.6 is 0 Å². The maximum Gasteiger partial charge on any atom is 0.313 e. The molecule has 0 spiro atoms. The number of carbonyl (C=O) groups excluding carboxylic acids is 2. The van der Waals surface area contributed by atoms with Gasteiger partial charge in [-0.1, -0.05) is 29.7 Å². The number of carbonyl (C=O) groups is 2. The van der Waals surface area contributed by atoms with E-state index in [0.717, 1.165) is 0 Å². The second-order valence-electron chi connectivity index (χ2n) is 6.70. The summed E-state index contributed by atoms with van der Waals surface area (Å²) in [7, 11) is 0. The van der Waals surface area contributed by atoms with E-state index >= 15 is 0 Å². The fourth-order valence-electron chi connectivity index (χ4n) is 2.73. The minimum Gasteiger partial charge on any atom is -0.487 e. The molecule has 6 nitrogen and oxygen atoms in total. The molecule has 0 fully saturated rings. The van der Waals surface area contributed by atoms with Crippen LogP contribution in [0, 0.1) is 0 Å². The zero-order valence-corrected chi connectivity index (χ0v) is 16.9. The lowest BCUT2D eigenvalue weighted by molar-refractivity contribution is -0.134. The van der Waals surface area contributed by atoms with E-state index < -0.39 is 5.97 Å². The Bertz CT molecular complexity index is 1040. The molecule has 30 heavy (non-hydrogen) atoms. The van der Waals surface area contributed by atoms with Gasteiger partial charge in [0, 0.05) is 24.4 Å². The molecule has 1 aliphatic carbocycles. The molecule has 6 heteroatoms. The largest absolute Gasteiger partial charge is 0.487 e. The summed E-state index contributed by atoms with van der Waals surface area (Å²) in [6.07, 6.45) is 6.34. The third kappa shape index (κ3) is 5.58. The molecule has 1 aromatic heterocycles. The highest BCUT2D eigenvalue weighted by Gasteiger charge is 2.21. The van der Waals surface area contributed by atoms with Gasteiger partial charge in [-0.25, -0.2) is 4.98 Å². The molecule has 152 valence electrons. The molecule has 0 radical (unpaired) electrons. The van der Waals surface area contributed by atoms with E-state index in [1.807, 2.05) is 19.9 Å². The van der Waals surface area contributed by atoms with Crippen LogP contribution in [0.5, 0.6) is 11.5 Å². The van der Waals surface area contributed by atoms with E-state index in [1.165, 1.54) is 4.90 Å². The van der Waals surface area contributed by atoms with Crippen molar-refractivity contribution in [2.75, 3.05) is 11.4 Å². The number of ether oxygens (including phenoxy) is 2. The normalized spacial score (nSPS) is 11.9. The molecular weight excluding hydrogens is 380 g/mol. The molecule has 3 rings (SSSR count). The van der Waals surface area contributed by atoms with Gasteiger partial charge in [0.2, 0.25) is 0 Å². The SMILES string of the molecule is CC(C)Oc1ccccc1OC(=O)CCN(C(=O)C1=CC=C=C=C1)c1ccccn1. The van der Waals surface area contributed by atoms with Gasteiger partial charge in [-0.05, 0) is 50.3 Å². The molecule has 0 atom stereocenters. The van der Waals surface area contributed by atoms with Crippen LogP contribution < -0.4 is 14.4 Å². The van der Waals surface area contributed by atoms with Crippen LogP contribution in [0.4, 0.5) is 5.82 Å². The van der Waals surface area contributed by atoms with Gasteiger partial charge in [0.25, 0.3) is 5.91 Å². The molecule has 0 N–H and O–H groups in total. The Morgan fingerprint density at radius 2 is 1.83 bits per heavy atom. The Hall–Kier alpha value is -3.85. The second kappa shape index (κ2) is 10.1. The third-order valence-corrected chi connectivity index (χ3v) is 4.05. The predicted molar refractivity (Wildman–Crippen MR) is 113 cm³/mol. The Labute approximate surface area is 175 Å². The number of rotatable bonds is 8. The Kier molecular flexibility index (Phi) is 7.01. The summed E-state index contributed by atoms with van der Waals surface area (Å²) in [5.41, 5.74) is 5.97. The van der Waals surface area contributed by atoms with Crippen molar-refractivity contribution in [3.8, 4) is 11.5 Å². The summed E-state index contributed by atoms with van der Waals surface area (Å²) >= 11 is 0. The molecule has 0 unspecified atom stereocenters. The van der Waals surface area contributed by atoms with Crippen molar-refractivity contribution in [1.82, 2.24) is 4.98 Å². The minimum absolute atomic E-state index is 0.0129. The summed E-state index contributed by atoms with van der Waals surface area (Å²) in [6, 6.07) is 12.3. The molecule has 1 amide bonds. The molecule has 0 saturated heterocycles. The van der Waals surface area contributed by atoms with Crippen LogP contribution in [0.3, 0.4) is 0 Å². The zero-order valence-electron chi connectivity index (χ0n) is 16.9. The van der Waals surface area contributed by atoms with Gasteiger partial charge < -0.3 is 9.47 Å². The first-order chi connectivity index (χ1) is 14.5. The first-order valence-electron chi connectivity index (χ1n) is 9.61. The van der Waals surface area contributed by atoms with Crippen LogP contribution in [-0.2, 0) is 9.59 Å². The van der Waals surface area contributed by atoms with E-state index in [2.05, 4.69) is 16.4 Å². The first-order valence-corrected chi connectivity index (χ1v) is 9.61. The van der Waals surface area contributed by atoms with Gasteiger partial charge >= 0.3 is 5.97 Å². The van der Waals surface area contributed by atoms with E-state index in [-0.39, 0.29) is 25.0 Å². The van der Waals surface area contributed by atoms with Crippen molar-refractivity contribution in [2.24, 2.45) is 0 Å². The van der Waals surface area contributed by atoms with Crippen molar-refractivity contribution in [3.63, 3.8) is 0 Å². The van der Waals surface area contributed by atoms with Crippen molar-refractivity contribution in [2.45, 2.75) is 26.4 Å². The first kappa shape index (κ1) is 20.9. The standard InChI is InChI=1S/C24H22N2O4/c1-18(2)29-20-12-6-7-13-21(20)30-23(27)15-17-26(22-14-8-9-16-25-22)24(28)19-10-4-3-5-11-19/h4,6-14,16,18H,15,17H2,1-2H3. The Balaban J connectivity index is 1.71. The van der Waals surface area contributed by atoms with Gasteiger partial charge in [0.1, 0.15) is 5.82 Å². The van der Waals surface area contributed by atoms with Gasteiger partial charge in [-0.3, -0.25) is 14.5 Å². The average Bonchev–Trinajstić information content (AvgIpc) is 2.76. The number of esters is 1. The molecular formula is C24H22N2O4. The number of para-hydroxylation sites is 2. The van der Waals surface area contributed by atoms with Crippen molar-refractivity contribution in [3.05, 3.63) is 83.9 Å². The number of nitrogens with zero attached hydrogens (tertiary/aromatic N) is 2. The lowest BCUT2D eigenvalue weighted by atomic mass is 10.1. The second-order valence-corrected chi connectivity index (χ2v) is 6.70. The Morgan fingerprint density at radius 3 is 2.50 bits per heavy atom. The predicted octanol–water partition coefficient (Wildman–Crippen LogP) is 4.00. The lowest BCUT2D eigenvalue weighted by Crippen LogP contribution is -2.35. The summed E-state index contributed by atoms with van der Waals surface area (Å²) in [5, 5.41) is 0. The Morgan fingerprint density at radius 1 is 1.07 bits per heavy atom. The summed E-state index contributed by atoms with van der Waals surface area (Å²) in [5.74, 6) is 0.535. The highest BCUT2D eigenvalue weighted by Crippen LogP contribution is 2.28. The zero-order chi connectivity index (χ0) is 21.3. The van der Waals surface area contributed by atoms with Crippen molar-refractivity contribution >= 4 is 17.7 Å². The molecule has 1 aliphatic rings. The van der Waals surface area contributed by atoms with Crippen LogP contribution in [0.2, 0.25) is 0 Å². The molecule has 1 aromatic carbocycles. The summed E-state index contributed by atoms with van der Waals surface area (Å²) in [4.78, 5) is 31.2. The lowest BCUT2D eigenvalue weighted by Gasteiger charge is -2.22. The van der Waals surface area contributed by atoms with E-state index in [9.17, 15) is 9.59 Å². The topological polar surface area (TPSA) is 68.7 Å². The molecule has 0 aliphatic heterocycles. The van der Waals surface area contributed by atoms with Crippen LogP contribution in [-0.4, -0.2) is 29.5 Å². The van der Waals surface area contributed by atoms with Gasteiger partial charge in [-0.15, -0.1) is 0 Å². The third-order valence-electron chi connectivity index (χ3n) is 4.05. The minimum atomic E-state index is -0.475. The smallest absolute Gasteiger partial charge is 0.313 e. The van der Waals surface area contributed by atoms with Crippen LogP contribution in [0.15, 0.2) is 83.9 Å². The number of anilines is 1. The molecule has 1 heterocycles. The van der Waals surface area contributed by atoms with E-state index in [4.69, 9.17) is 9.47 Å². The quantitative estimate of drug-likeness (QED) is 0.379. The number of pyridine rings is 1. The fraction of sp³-hybridized carbons (Fsp3) is 0.208. The van der Waals surface area contributed by atoms with Gasteiger partial charge in [0.05, 0.1) is 12.5 Å². The van der Waals surface area contributed by atoms with E-state index in [0.29, 0.717) is 22.9 Å². The highest BCUT2D eigenvalue weighted by molar-refractivity contribution is 6.07. The van der Waals surface area contributed by atoms with Crippen LogP contribution in [0.1, 0.15) is 20.3 Å². The van der Waals surface area contributed by atoms with Gasteiger partial charge in [-0.2, -0.15) is 0 Å². The number of hydrogen-bond donors (Lipinski definition) is 0. The fourth-order valence-corrected chi connectivity index (χ4v) is 2.73.